The number of benzene rings is 1. The lowest BCUT2D eigenvalue weighted by Crippen LogP contribution is -1.94. The van der Waals surface area contributed by atoms with Crippen molar-refractivity contribution in [1.82, 2.24) is 5.16 Å². The van der Waals surface area contributed by atoms with E-state index in [9.17, 15) is 4.79 Å². The van der Waals surface area contributed by atoms with Crippen molar-refractivity contribution in [3.8, 4) is 22.8 Å². The minimum absolute atomic E-state index is 0.127. The SMILES string of the molecule is Cc1c(Br)cc2c(c1-c1cc(C(=O)O)on1)OCO2. The first-order valence-electron chi connectivity index (χ1n) is 5.37. The highest BCUT2D eigenvalue weighted by Crippen LogP contribution is 2.46. The molecule has 7 heteroatoms. The zero-order valence-electron chi connectivity index (χ0n) is 9.77. The van der Waals surface area contributed by atoms with Gasteiger partial charge < -0.3 is 19.1 Å². The molecule has 0 saturated carbocycles. The standard InChI is InChI=1S/C12H8BrNO5/c1-5-6(13)2-8-11(18-4-17-8)10(5)7-3-9(12(15)16)19-14-7/h2-3H,4H2,1H3,(H,15,16). The van der Waals surface area contributed by atoms with Gasteiger partial charge >= 0.3 is 5.97 Å². The number of hydrogen-bond acceptors (Lipinski definition) is 5. The molecule has 98 valence electrons. The fourth-order valence-electron chi connectivity index (χ4n) is 1.91. The van der Waals surface area contributed by atoms with Crippen molar-refractivity contribution in [2.75, 3.05) is 6.79 Å². The van der Waals surface area contributed by atoms with Gasteiger partial charge in [0.05, 0.1) is 5.56 Å². The van der Waals surface area contributed by atoms with Gasteiger partial charge in [0.25, 0.3) is 0 Å². The van der Waals surface area contributed by atoms with Gasteiger partial charge in [0, 0.05) is 10.5 Å². The third-order valence-corrected chi connectivity index (χ3v) is 3.66. The second-order valence-corrected chi connectivity index (χ2v) is 4.83. The number of aromatic nitrogens is 1. The average molecular weight is 326 g/mol. The number of aromatic carboxylic acids is 1. The molecule has 0 bridgehead atoms. The lowest BCUT2D eigenvalue weighted by Gasteiger charge is -2.08. The van der Waals surface area contributed by atoms with Gasteiger partial charge in [-0.2, -0.15) is 0 Å². The van der Waals surface area contributed by atoms with Crippen LogP contribution >= 0.6 is 15.9 Å². The number of fused-ring (bicyclic) bond motifs is 1. The minimum atomic E-state index is -1.17. The first kappa shape index (κ1) is 12.0. The van der Waals surface area contributed by atoms with Crippen LogP contribution in [0.1, 0.15) is 16.1 Å². The van der Waals surface area contributed by atoms with Crippen LogP contribution in [0.4, 0.5) is 0 Å². The van der Waals surface area contributed by atoms with E-state index in [0.717, 1.165) is 10.0 Å². The molecule has 3 rings (SSSR count). The summed E-state index contributed by atoms with van der Waals surface area (Å²) >= 11 is 3.42. The number of rotatable bonds is 2. The van der Waals surface area contributed by atoms with Crippen LogP contribution in [-0.4, -0.2) is 23.0 Å². The molecule has 0 atom stereocenters. The van der Waals surface area contributed by atoms with Crippen molar-refractivity contribution in [1.29, 1.82) is 0 Å². The molecule has 0 spiro atoms. The second kappa shape index (κ2) is 4.27. The molecule has 6 nitrogen and oxygen atoms in total. The third-order valence-electron chi connectivity index (χ3n) is 2.84. The van der Waals surface area contributed by atoms with Gasteiger partial charge in [-0.15, -0.1) is 0 Å². The zero-order chi connectivity index (χ0) is 13.6. The highest BCUT2D eigenvalue weighted by Gasteiger charge is 2.25. The molecule has 1 aliphatic rings. The van der Waals surface area contributed by atoms with Gasteiger partial charge in [-0.05, 0) is 18.6 Å². The summed E-state index contributed by atoms with van der Waals surface area (Å²) in [6.07, 6.45) is 0. The van der Waals surface area contributed by atoms with Gasteiger partial charge in [0.15, 0.2) is 11.5 Å². The first-order chi connectivity index (χ1) is 9.08. The molecule has 1 aromatic carbocycles. The van der Waals surface area contributed by atoms with Crippen LogP contribution in [0.15, 0.2) is 21.1 Å². The first-order valence-corrected chi connectivity index (χ1v) is 6.16. The molecule has 2 heterocycles. The fourth-order valence-corrected chi connectivity index (χ4v) is 2.31. The molecule has 0 radical (unpaired) electrons. The van der Waals surface area contributed by atoms with E-state index < -0.39 is 5.97 Å². The number of hydrogen-bond donors (Lipinski definition) is 1. The molecule has 0 unspecified atom stereocenters. The van der Waals surface area contributed by atoms with Crippen LogP contribution in [0.2, 0.25) is 0 Å². The normalized spacial score (nSPS) is 12.7. The van der Waals surface area contributed by atoms with E-state index in [4.69, 9.17) is 19.1 Å². The maximum Gasteiger partial charge on any atom is 0.374 e. The Morgan fingerprint density at radius 1 is 1.42 bits per heavy atom. The molecule has 0 aliphatic carbocycles. The fraction of sp³-hybridized carbons (Fsp3) is 0.167. The molecular formula is C12H8BrNO5. The van der Waals surface area contributed by atoms with Crippen molar-refractivity contribution in [2.45, 2.75) is 6.92 Å². The Labute approximate surface area is 116 Å². The van der Waals surface area contributed by atoms with E-state index in [0.29, 0.717) is 22.8 Å². The molecule has 0 amide bonds. The second-order valence-electron chi connectivity index (χ2n) is 3.97. The number of carbonyl (C=O) groups is 1. The summed E-state index contributed by atoms with van der Waals surface area (Å²) in [5.41, 5.74) is 1.94. The molecule has 1 aromatic heterocycles. The van der Waals surface area contributed by atoms with Crippen LogP contribution in [0, 0.1) is 6.92 Å². The quantitative estimate of drug-likeness (QED) is 0.914. The number of carboxylic acids is 1. The third kappa shape index (κ3) is 1.86. The highest BCUT2D eigenvalue weighted by atomic mass is 79.9. The number of carboxylic acid groups (broad SMARTS) is 1. The Morgan fingerprint density at radius 2 is 2.21 bits per heavy atom. The monoisotopic (exact) mass is 325 g/mol. The van der Waals surface area contributed by atoms with Crippen LogP contribution < -0.4 is 9.47 Å². The largest absolute Gasteiger partial charge is 0.475 e. The van der Waals surface area contributed by atoms with E-state index in [-0.39, 0.29) is 12.6 Å². The molecule has 2 aromatic rings. The van der Waals surface area contributed by atoms with Gasteiger partial charge in [-0.3, -0.25) is 0 Å². The van der Waals surface area contributed by atoms with Gasteiger partial charge in [-0.1, -0.05) is 21.1 Å². The van der Waals surface area contributed by atoms with Crippen LogP contribution in [0.25, 0.3) is 11.3 Å². The Kier molecular flexibility index (Phi) is 2.70. The van der Waals surface area contributed by atoms with Crippen molar-refractivity contribution in [3.05, 3.63) is 27.9 Å². The Morgan fingerprint density at radius 3 is 2.89 bits per heavy atom. The van der Waals surface area contributed by atoms with Crippen molar-refractivity contribution in [3.63, 3.8) is 0 Å². The summed E-state index contributed by atoms with van der Waals surface area (Å²) in [5, 5.41) is 12.6. The van der Waals surface area contributed by atoms with Gasteiger partial charge in [-0.25, -0.2) is 4.79 Å². The molecule has 0 fully saturated rings. The topological polar surface area (TPSA) is 81.8 Å². The average Bonchev–Trinajstić information content (AvgIpc) is 2.99. The molecule has 19 heavy (non-hydrogen) atoms. The van der Waals surface area contributed by atoms with Crippen molar-refractivity contribution < 1.29 is 23.9 Å². The van der Waals surface area contributed by atoms with Crippen molar-refractivity contribution >= 4 is 21.9 Å². The summed E-state index contributed by atoms with van der Waals surface area (Å²) in [6.45, 7) is 2.00. The Hall–Kier alpha value is -2.02. The summed E-state index contributed by atoms with van der Waals surface area (Å²) < 4.78 is 16.3. The minimum Gasteiger partial charge on any atom is -0.475 e. The molecule has 0 saturated heterocycles. The van der Waals surface area contributed by atoms with Gasteiger partial charge in [0.1, 0.15) is 5.69 Å². The molecule has 1 aliphatic heterocycles. The summed E-state index contributed by atoms with van der Waals surface area (Å²) in [5.74, 6) is -0.249. The summed E-state index contributed by atoms with van der Waals surface area (Å²) in [6, 6.07) is 3.17. The highest BCUT2D eigenvalue weighted by molar-refractivity contribution is 9.10. The number of nitrogens with zero attached hydrogens (tertiary/aromatic N) is 1. The van der Waals surface area contributed by atoms with E-state index in [1.165, 1.54) is 6.07 Å². The molecule has 1 N–H and O–H groups in total. The maximum absolute atomic E-state index is 10.8. The summed E-state index contributed by atoms with van der Waals surface area (Å²) in [4.78, 5) is 10.8. The lowest BCUT2D eigenvalue weighted by atomic mass is 10.0. The van der Waals surface area contributed by atoms with E-state index >= 15 is 0 Å². The number of ether oxygens (including phenoxy) is 2. The lowest BCUT2D eigenvalue weighted by molar-refractivity contribution is 0.0652. The summed E-state index contributed by atoms with van der Waals surface area (Å²) in [7, 11) is 0. The predicted molar refractivity (Wildman–Crippen MR) is 67.5 cm³/mol. The van der Waals surface area contributed by atoms with Crippen LogP contribution in [0.3, 0.4) is 0 Å². The van der Waals surface area contributed by atoms with Crippen molar-refractivity contribution in [2.24, 2.45) is 0 Å². The van der Waals surface area contributed by atoms with Crippen LogP contribution in [0.5, 0.6) is 11.5 Å². The maximum atomic E-state index is 10.8. The zero-order valence-corrected chi connectivity index (χ0v) is 11.4. The number of halogens is 1. The molecular weight excluding hydrogens is 318 g/mol. The predicted octanol–water partition coefficient (Wildman–Crippen LogP) is 2.84. The Balaban J connectivity index is 2.21. The van der Waals surface area contributed by atoms with E-state index in [1.807, 2.05) is 6.92 Å². The van der Waals surface area contributed by atoms with Gasteiger partial charge in [0.2, 0.25) is 12.6 Å². The Bertz CT molecular complexity index is 679. The van der Waals surface area contributed by atoms with E-state index in [2.05, 4.69) is 21.1 Å². The smallest absolute Gasteiger partial charge is 0.374 e. The van der Waals surface area contributed by atoms with Crippen LogP contribution in [-0.2, 0) is 0 Å². The van der Waals surface area contributed by atoms with E-state index in [1.54, 1.807) is 6.07 Å².